The molecule has 0 unspecified atom stereocenters. The van der Waals surface area contributed by atoms with E-state index in [-0.39, 0.29) is 17.8 Å². The van der Waals surface area contributed by atoms with Gasteiger partial charge in [0.25, 0.3) is 0 Å². The van der Waals surface area contributed by atoms with Gasteiger partial charge in [0.2, 0.25) is 11.8 Å². The van der Waals surface area contributed by atoms with Crippen molar-refractivity contribution in [2.24, 2.45) is 16.5 Å². The van der Waals surface area contributed by atoms with E-state index >= 15 is 0 Å². The number of likely N-dealkylation sites (N-methyl/N-ethyl adjacent to an activating group) is 1. The Balaban J connectivity index is 0.00000111. The Labute approximate surface area is 204 Å². The molecule has 0 bridgehead atoms. The van der Waals surface area contributed by atoms with Gasteiger partial charge in [0.1, 0.15) is 12.3 Å². The van der Waals surface area contributed by atoms with E-state index in [0.717, 1.165) is 12.0 Å². The summed E-state index contributed by atoms with van der Waals surface area (Å²) in [7, 11) is -2.92. The highest BCUT2D eigenvalue weighted by Gasteiger charge is 2.37. The average Bonchev–Trinajstić information content (AvgIpc) is 3.28. The molecule has 0 spiro atoms. The minimum absolute atomic E-state index is 0.00334. The summed E-state index contributed by atoms with van der Waals surface area (Å²) in [6.07, 6.45) is 3.58. The topological polar surface area (TPSA) is 218 Å². The van der Waals surface area contributed by atoms with Crippen molar-refractivity contribution in [3.63, 3.8) is 0 Å². The molecule has 13 nitrogen and oxygen atoms in total. The summed E-state index contributed by atoms with van der Waals surface area (Å²) in [6.45, 7) is 0.917. The lowest BCUT2D eigenvalue weighted by atomic mass is 10.0. The number of benzene rings is 1. The summed E-state index contributed by atoms with van der Waals surface area (Å²) in [6, 6.07) is 8.14. The van der Waals surface area contributed by atoms with E-state index in [0.29, 0.717) is 45.1 Å². The van der Waals surface area contributed by atoms with Crippen molar-refractivity contribution < 1.29 is 31.9 Å². The zero-order valence-electron chi connectivity index (χ0n) is 19.5. The molecule has 1 aromatic carbocycles. The molecule has 1 fully saturated rings. The fraction of sp³-hybridized carbons (Fsp3) is 0.524. The van der Waals surface area contributed by atoms with Gasteiger partial charge in [-0.15, -0.1) is 0 Å². The third-order valence-electron chi connectivity index (χ3n) is 5.23. The number of aldehydes is 1. The molecule has 2 rings (SSSR count). The van der Waals surface area contributed by atoms with Crippen molar-refractivity contribution in [2.75, 3.05) is 20.1 Å². The Morgan fingerprint density at radius 3 is 2.43 bits per heavy atom. The predicted octanol–water partition coefficient (Wildman–Crippen LogP) is -1.11. The summed E-state index contributed by atoms with van der Waals surface area (Å²) in [5.74, 6) is -0.403. The largest absolute Gasteiger partial charge is 0.394 e. The number of likely N-dealkylation sites (tertiary alicyclic amines) is 1. The molecular weight excluding hydrogens is 480 g/mol. The third-order valence-corrected chi connectivity index (χ3v) is 5.23. The van der Waals surface area contributed by atoms with E-state index in [1.165, 1.54) is 0 Å². The normalized spacial score (nSPS) is 16.9. The first-order valence-corrected chi connectivity index (χ1v) is 12.4. The fourth-order valence-corrected chi connectivity index (χ4v) is 3.64. The summed E-state index contributed by atoms with van der Waals surface area (Å²) in [5.41, 5.74) is 11.6. The van der Waals surface area contributed by atoms with Crippen molar-refractivity contribution in [3.8, 4) is 0 Å². The number of amides is 2. The minimum Gasteiger partial charge on any atom is -0.370 e. The molecule has 196 valence electrons. The number of nitrogens with two attached hydrogens (primary N) is 2. The van der Waals surface area contributed by atoms with Gasteiger partial charge in [-0.05, 0) is 44.7 Å². The van der Waals surface area contributed by atoms with Crippen LogP contribution in [0, 0.1) is 0 Å². The van der Waals surface area contributed by atoms with Crippen LogP contribution in [0.15, 0.2) is 35.3 Å². The lowest BCUT2D eigenvalue weighted by Crippen LogP contribution is -2.54. The summed E-state index contributed by atoms with van der Waals surface area (Å²) in [5, 5.41) is 5.83. The lowest BCUT2D eigenvalue weighted by Gasteiger charge is -2.29. The second-order valence-corrected chi connectivity index (χ2v) is 8.76. The van der Waals surface area contributed by atoms with E-state index in [1.807, 2.05) is 30.3 Å². The quantitative estimate of drug-likeness (QED) is 0.0687. The van der Waals surface area contributed by atoms with Crippen LogP contribution in [0.25, 0.3) is 0 Å². The molecule has 1 aromatic rings. The fourth-order valence-electron chi connectivity index (χ4n) is 3.64. The Kier molecular flexibility index (Phi) is 12.9. The van der Waals surface area contributed by atoms with Gasteiger partial charge in [-0.3, -0.25) is 23.7 Å². The molecule has 14 heteroatoms. The van der Waals surface area contributed by atoms with Crippen LogP contribution in [-0.4, -0.2) is 84.7 Å². The van der Waals surface area contributed by atoms with Crippen LogP contribution in [0.1, 0.15) is 31.2 Å². The van der Waals surface area contributed by atoms with Crippen molar-refractivity contribution >= 4 is 34.5 Å². The van der Waals surface area contributed by atoms with Crippen LogP contribution in [-0.2, 0) is 31.2 Å². The van der Waals surface area contributed by atoms with Crippen molar-refractivity contribution in [1.82, 2.24) is 15.5 Å². The maximum Gasteiger partial charge on any atom is 0.394 e. The van der Waals surface area contributed by atoms with Crippen LogP contribution in [0.2, 0.25) is 0 Å². The molecule has 0 aromatic heterocycles. The van der Waals surface area contributed by atoms with E-state index in [2.05, 4.69) is 15.6 Å². The average molecular weight is 515 g/mol. The van der Waals surface area contributed by atoms with Crippen LogP contribution in [0.4, 0.5) is 0 Å². The molecular formula is C21H34N6O7S. The summed E-state index contributed by atoms with van der Waals surface area (Å²) >= 11 is 0. The number of aliphatic imine (C=N–C) groups is 1. The third kappa shape index (κ3) is 12.3. The molecule has 0 radical (unpaired) electrons. The van der Waals surface area contributed by atoms with Gasteiger partial charge in [-0.25, -0.2) is 0 Å². The Morgan fingerprint density at radius 1 is 1.26 bits per heavy atom. The Hall–Kier alpha value is -3.07. The van der Waals surface area contributed by atoms with E-state index < -0.39 is 28.5 Å². The second-order valence-electron chi connectivity index (χ2n) is 7.87. The minimum atomic E-state index is -4.67. The lowest BCUT2D eigenvalue weighted by molar-refractivity contribution is -0.140. The Bertz CT molecular complexity index is 946. The van der Waals surface area contributed by atoms with Gasteiger partial charge in [-0.2, -0.15) is 8.42 Å². The first-order valence-electron chi connectivity index (χ1n) is 11.0. The highest BCUT2D eigenvalue weighted by Crippen LogP contribution is 2.20. The number of guanidine groups is 1. The van der Waals surface area contributed by atoms with Crippen LogP contribution in [0.3, 0.4) is 0 Å². The maximum absolute atomic E-state index is 13.1. The molecule has 0 aliphatic carbocycles. The van der Waals surface area contributed by atoms with E-state index in [4.69, 9.17) is 29.0 Å². The Morgan fingerprint density at radius 2 is 1.89 bits per heavy atom. The van der Waals surface area contributed by atoms with Crippen LogP contribution in [0.5, 0.6) is 0 Å². The summed E-state index contributed by atoms with van der Waals surface area (Å²) in [4.78, 5) is 42.8. The first kappa shape index (κ1) is 30.0. The number of carbonyl (C=O) groups is 3. The molecule has 2 amide bonds. The van der Waals surface area contributed by atoms with Gasteiger partial charge in [0.15, 0.2) is 5.96 Å². The molecule has 8 N–H and O–H groups in total. The van der Waals surface area contributed by atoms with Crippen molar-refractivity contribution in [2.45, 2.75) is 50.2 Å². The number of hydrogen-bond donors (Lipinski definition) is 6. The molecule has 1 aliphatic rings. The zero-order chi connectivity index (χ0) is 26.4. The van der Waals surface area contributed by atoms with Crippen molar-refractivity contribution in [1.29, 1.82) is 0 Å². The zero-order valence-corrected chi connectivity index (χ0v) is 20.4. The SMILES string of the molecule is CN[C@H](Cc1ccccc1)C(=O)N1CCC[C@H]1C(=O)N[C@H](C=O)CCCN=C(N)N.O=S(=O)(O)O. The van der Waals surface area contributed by atoms with Crippen LogP contribution < -0.4 is 22.1 Å². The maximum atomic E-state index is 13.1. The number of rotatable bonds is 11. The molecule has 35 heavy (non-hydrogen) atoms. The van der Waals surface area contributed by atoms with Crippen LogP contribution >= 0.6 is 0 Å². The number of nitrogens with one attached hydrogen (secondary N) is 2. The van der Waals surface area contributed by atoms with Gasteiger partial charge in [-0.1, -0.05) is 30.3 Å². The van der Waals surface area contributed by atoms with Gasteiger partial charge in [0, 0.05) is 13.1 Å². The second kappa shape index (κ2) is 15.0. The standard InChI is InChI=1S/C21H32N6O3.H2O4S/c1-24-17(13-15-7-3-2-4-8-15)20(30)27-12-6-10-18(27)19(29)26-16(14-28)9-5-11-25-21(22)23;1-5(2,3)4/h2-4,7-8,14,16-18,24H,5-6,9-13H2,1H3,(H,26,29)(H4,22,23,25);(H2,1,2,3,4)/t16-,17+,18-;/m0./s1. The molecule has 1 aliphatic heterocycles. The van der Waals surface area contributed by atoms with Crippen molar-refractivity contribution in [3.05, 3.63) is 35.9 Å². The number of carbonyl (C=O) groups excluding carboxylic acids is 3. The highest BCUT2D eigenvalue weighted by atomic mass is 32.3. The molecule has 1 heterocycles. The smallest absolute Gasteiger partial charge is 0.370 e. The monoisotopic (exact) mass is 514 g/mol. The van der Waals surface area contributed by atoms with Gasteiger partial charge >= 0.3 is 10.4 Å². The number of nitrogens with zero attached hydrogens (tertiary/aromatic N) is 2. The number of hydrogen-bond acceptors (Lipinski definition) is 7. The highest BCUT2D eigenvalue weighted by molar-refractivity contribution is 7.79. The van der Waals surface area contributed by atoms with Gasteiger partial charge < -0.3 is 31.8 Å². The predicted molar refractivity (Wildman–Crippen MR) is 130 cm³/mol. The summed E-state index contributed by atoms with van der Waals surface area (Å²) < 4.78 is 31.6. The molecule has 1 saturated heterocycles. The van der Waals surface area contributed by atoms with E-state index in [9.17, 15) is 14.4 Å². The van der Waals surface area contributed by atoms with Gasteiger partial charge in [0.05, 0.1) is 12.1 Å². The molecule has 3 atom stereocenters. The molecule has 0 saturated carbocycles. The first-order chi connectivity index (χ1) is 16.5. The van der Waals surface area contributed by atoms with E-state index in [1.54, 1.807) is 11.9 Å².